The molecule has 0 saturated heterocycles. The van der Waals surface area contributed by atoms with E-state index in [1.165, 1.54) is 18.3 Å². The highest BCUT2D eigenvalue weighted by molar-refractivity contribution is 6.13. The summed E-state index contributed by atoms with van der Waals surface area (Å²) >= 11 is 0. The number of allylic oxidation sites excluding steroid dienone is 1. The Balaban J connectivity index is 2.00. The predicted octanol–water partition coefficient (Wildman–Crippen LogP) is 4.11. The number of pyridine rings is 1. The van der Waals surface area contributed by atoms with Gasteiger partial charge in [0.2, 0.25) is 0 Å². The Kier molecular flexibility index (Phi) is 5.46. The molecule has 160 valence electrons. The first-order valence-corrected chi connectivity index (χ1v) is 10.1. The first-order chi connectivity index (χ1) is 14.9. The van der Waals surface area contributed by atoms with Crippen LogP contribution in [0.3, 0.4) is 0 Å². The van der Waals surface area contributed by atoms with Crippen LogP contribution in [0.25, 0.3) is 11.3 Å². The maximum absolute atomic E-state index is 14.2. The molecular weight excluding hydrogens is 397 g/mol. The van der Waals surface area contributed by atoms with Crippen molar-refractivity contribution in [2.24, 2.45) is 10.7 Å². The molecule has 0 amide bonds. The molecule has 3 aromatic rings. The average Bonchev–Trinajstić information content (AvgIpc) is 3.11. The van der Waals surface area contributed by atoms with Gasteiger partial charge in [-0.1, -0.05) is 0 Å². The second-order valence-electron chi connectivity index (χ2n) is 7.30. The van der Waals surface area contributed by atoms with E-state index < -0.39 is 6.10 Å². The Bertz CT molecular complexity index is 1200. The highest BCUT2D eigenvalue weighted by atomic mass is 19.1. The third kappa shape index (κ3) is 3.88. The van der Waals surface area contributed by atoms with Gasteiger partial charge in [0.1, 0.15) is 23.4 Å². The first kappa shape index (κ1) is 20.6. The number of hydrogen-bond acceptors (Lipinski definition) is 7. The van der Waals surface area contributed by atoms with Crippen molar-refractivity contribution >= 4 is 11.5 Å². The molecule has 0 unspecified atom stereocenters. The van der Waals surface area contributed by atoms with Gasteiger partial charge in [-0.3, -0.25) is 4.99 Å². The summed E-state index contributed by atoms with van der Waals surface area (Å²) in [6.45, 7) is 6.09. The summed E-state index contributed by atoms with van der Waals surface area (Å²) in [7, 11) is 0. The maximum atomic E-state index is 14.2. The lowest BCUT2D eigenvalue weighted by molar-refractivity contribution is 0.227. The van der Waals surface area contributed by atoms with Crippen LogP contribution in [0.5, 0.6) is 5.75 Å². The van der Waals surface area contributed by atoms with E-state index in [4.69, 9.17) is 20.6 Å². The molecule has 4 rings (SSSR count). The molecule has 4 N–H and O–H groups in total. The summed E-state index contributed by atoms with van der Waals surface area (Å²) in [5, 5.41) is 0. The van der Waals surface area contributed by atoms with Gasteiger partial charge in [0.05, 0.1) is 5.71 Å². The minimum atomic E-state index is -0.523. The van der Waals surface area contributed by atoms with Crippen molar-refractivity contribution in [3.63, 3.8) is 0 Å². The molecule has 7 nitrogen and oxygen atoms in total. The van der Waals surface area contributed by atoms with Crippen molar-refractivity contribution in [3.8, 4) is 17.0 Å². The van der Waals surface area contributed by atoms with Gasteiger partial charge in [-0.25, -0.2) is 14.4 Å². The van der Waals surface area contributed by atoms with Gasteiger partial charge >= 0.3 is 0 Å². The lowest BCUT2D eigenvalue weighted by Crippen LogP contribution is -2.14. The van der Waals surface area contributed by atoms with Gasteiger partial charge in [-0.2, -0.15) is 0 Å². The highest BCUT2D eigenvalue weighted by Crippen LogP contribution is 2.36. The maximum Gasteiger partial charge on any atom is 0.191 e. The van der Waals surface area contributed by atoms with Crippen LogP contribution in [0.1, 0.15) is 42.7 Å². The summed E-state index contributed by atoms with van der Waals surface area (Å²) < 4.78 is 26.3. The average molecular weight is 421 g/mol. The molecule has 3 heterocycles. The second-order valence-corrected chi connectivity index (χ2v) is 7.30. The fourth-order valence-electron chi connectivity index (χ4n) is 3.75. The molecule has 1 aromatic carbocycles. The third-order valence-corrected chi connectivity index (χ3v) is 5.14. The van der Waals surface area contributed by atoms with E-state index in [1.54, 1.807) is 25.3 Å². The molecule has 1 aliphatic rings. The molecule has 0 radical (unpaired) electrons. The van der Waals surface area contributed by atoms with Gasteiger partial charge in [0.15, 0.2) is 17.5 Å². The van der Waals surface area contributed by atoms with Crippen LogP contribution in [-0.2, 0) is 6.42 Å². The summed E-state index contributed by atoms with van der Waals surface area (Å²) in [5.74, 6) is 1.36. The normalized spacial score (nSPS) is 18.6. The quantitative estimate of drug-likeness (QED) is 0.611. The van der Waals surface area contributed by atoms with Crippen LogP contribution >= 0.6 is 0 Å². The standard InChI is InChI=1S/C23H24FN5O2/c1-4-27-21-14(10-25)7-19-22(29-13(3)31-19)17-6-5-16(24)9-18(17)12(2)30-20-8-15(21)11-28-23(20)26/h5-6,8-12H,4,7,25H2,1-3H3,(H2,26,28)/t12-/m1/s1. The monoisotopic (exact) mass is 421 g/mol. The summed E-state index contributed by atoms with van der Waals surface area (Å²) in [5.41, 5.74) is 16.2. The number of ether oxygens (including phenoxy) is 1. The number of rotatable bonds is 1. The van der Waals surface area contributed by atoms with Gasteiger partial charge in [0, 0.05) is 48.3 Å². The van der Waals surface area contributed by atoms with Crippen molar-refractivity contribution < 1.29 is 13.5 Å². The smallest absolute Gasteiger partial charge is 0.191 e. The van der Waals surface area contributed by atoms with E-state index in [1.807, 2.05) is 13.8 Å². The number of halogens is 1. The highest BCUT2D eigenvalue weighted by Gasteiger charge is 2.25. The molecule has 8 heteroatoms. The zero-order valence-corrected chi connectivity index (χ0v) is 17.6. The Morgan fingerprint density at radius 3 is 2.87 bits per heavy atom. The van der Waals surface area contributed by atoms with Crippen LogP contribution in [0.4, 0.5) is 10.2 Å². The molecule has 2 bridgehead atoms. The number of nitrogen functional groups attached to an aromatic ring is 1. The van der Waals surface area contributed by atoms with Crippen molar-refractivity contribution in [1.82, 2.24) is 9.97 Å². The van der Waals surface area contributed by atoms with Crippen LogP contribution in [0.2, 0.25) is 0 Å². The van der Waals surface area contributed by atoms with Gasteiger partial charge in [-0.05, 0) is 44.3 Å². The van der Waals surface area contributed by atoms with Crippen molar-refractivity contribution in [2.45, 2.75) is 33.3 Å². The summed E-state index contributed by atoms with van der Waals surface area (Å²) in [6.07, 6.45) is 2.98. The number of aromatic nitrogens is 2. The largest absolute Gasteiger partial charge is 0.482 e. The number of aryl methyl sites for hydroxylation is 1. The van der Waals surface area contributed by atoms with E-state index in [9.17, 15) is 4.39 Å². The number of anilines is 1. The van der Waals surface area contributed by atoms with E-state index in [2.05, 4.69) is 15.0 Å². The Morgan fingerprint density at radius 2 is 2.13 bits per heavy atom. The minimum absolute atomic E-state index is 0.234. The van der Waals surface area contributed by atoms with E-state index in [0.717, 1.165) is 11.1 Å². The number of aliphatic imine (C=N–C) groups is 1. The van der Waals surface area contributed by atoms with Crippen LogP contribution in [0, 0.1) is 12.7 Å². The lowest BCUT2D eigenvalue weighted by atomic mass is 9.95. The van der Waals surface area contributed by atoms with E-state index in [-0.39, 0.29) is 11.6 Å². The summed E-state index contributed by atoms with van der Waals surface area (Å²) in [6, 6.07) is 6.30. The fourth-order valence-corrected chi connectivity index (χ4v) is 3.75. The van der Waals surface area contributed by atoms with Crippen molar-refractivity contribution in [3.05, 3.63) is 70.8 Å². The zero-order chi connectivity index (χ0) is 22.1. The zero-order valence-electron chi connectivity index (χ0n) is 17.6. The van der Waals surface area contributed by atoms with Crippen LogP contribution in [0.15, 0.2) is 51.6 Å². The van der Waals surface area contributed by atoms with Crippen molar-refractivity contribution in [1.29, 1.82) is 0 Å². The molecule has 1 atom stereocenters. The van der Waals surface area contributed by atoms with Crippen molar-refractivity contribution in [2.75, 3.05) is 12.3 Å². The van der Waals surface area contributed by atoms with Gasteiger partial charge in [-0.15, -0.1) is 0 Å². The molecule has 1 aliphatic heterocycles. The second kappa shape index (κ2) is 8.22. The third-order valence-electron chi connectivity index (χ3n) is 5.14. The Morgan fingerprint density at radius 1 is 1.32 bits per heavy atom. The fraction of sp³-hybridized carbons (Fsp3) is 0.261. The number of nitrogens with zero attached hydrogens (tertiary/aromatic N) is 3. The number of benzene rings is 1. The number of nitrogens with two attached hydrogens (primary N) is 2. The molecular formula is C23H24FN5O2. The van der Waals surface area contributed by atoms with Crippen LogP contribution in [-0.4, -0.2) is 22.2 Å². The molecule has 0 spiro atoms. The number of oxazole rings is 1. The predicted molar refractivity (Wildman–Crippen MR) is 117 cm³/mol. The Hall–Kier alpha value is -3.68. The molecule has 0 aliphatic carbocycles. The first-order valence-electron chi connectivity index (χ1n) is 10.1. The number of hydrogen-bond donors (Lipinski definition) is 2. The summed E-state index contributed by atoms with van der Waals surface area (Å²) in [4.78, 5) is 13.5. The molecule has 2 aromatic heterocycles. The van der Waals surface area contributed by atoms with Crippen LogP contribution < -0.4 is 16.2 Å². The number of fused-ring (bicyclic) bond motifs is 5. The minimum Gasteiger partial charge on any atom is -0.482 e. The Labute approximate surface area is 179 Å². The van der Waals surface area contributed by atoms with E-state index >= 15 is 0 Å². The molecule has 31 heavy (non-hydrogen) atoms. The lowest BCUT2D eigenvalue weighted by Gasteiger charge is -2.21. The SMILES string of the molecule is CCN=C1C(=CN)Cc2oc(C)nc2-c2ccc(F)cc2[C@@H](C)Oc2cc1cnc2N. The topological polar surface area (TPSA) is 113 Å². The molecule has 0 fully saturated rings. The van der Waals surface area contributed by atoms with E-state index in [0.29, 0.717) is 52.9 Å². The van der Waals surface area contributed by atoms with Gasteiger partial charge in [0.25, 0.3) is 0 Å². The molecule has 0 saturated carbocycles. The van der Waals surface area contributed by atoms with Gasteiger partial charge < -0.3 is 20.6 Å².